The molecule has 0 radical (unpaired) electrons. The predicted molar refractivity (Wildman–Crippen MR) is 85.6 cm³/mol. The average Bonchev–Trinajstić information content (AvgIpc) is 3.05. The van der Waals surface area contributed by atoms with E-state index in [4.69, 9.17) is 0 Å². The van der Waals surface area contributed by atoms with Crippen LogP contribution in [0.15, 0.2) is 47.6 Å². The summed E-state index contributed by atoms with van der Waals surface area (Å²) in [5, 5.41) is 0. The van der Waals surface area contributed by atoms with E-state index in [1.165, 1.54) is 55.2 Å². The fourth-order valence-corrected chi connectivity index (χ4v) is 4.11. The van der Waals surface area contributed by atoms with Crippen molar-refractivity contribution in [3.05, 3.63) is 64.3 Å². The van der Waals surface area contributed by atoms with Crippen LogP contribution < -0.4 is 0 Å². The monoisotopic (exact) mass is 262 g/mol. The van der Waals surface area contributed by atoms with Crippen LogP contribution in [0.4, 0.5) is 0 Å². The fraction of sp³-hybridized carbons (Fsp3) is 0.400. The van der Waals surface area contributed by atoms with Crippen LogP contribution in [-0.2, 0) is 12.8 Å². The summed E-state index contributed by atoms with van der Waals surface area (Å²) >= 11 is 0. The van der Waals surface area contributed by atoms with E-state index in [1.54, 1.807) is 16.7 Å². The van der Waals surface area contributed by atoms with Crippen molar-refractivity contribution in [3.63, 3.8) is 0 Å². The first-order valence-corrected chi connectivity index (χ1v) is 8.02. The third-order valence-electron chi connectivity index (χ3n) is 5.24. The van der Waals surface area contributed by atoms with Crippen molar-refractivity contribution in [3.8, 4) is 0 Å². The Balaban J connectivity index is 1.66. The molecule has 4 rings (SSSR count). The van der Waals surface area contributed by atoms with E-state index in [2.05, 4.69) is 36.9 Å². The van der Waals surface area contributed by atoms with Gasteiger partial charge in [0.15, 0.2) is 0 Å². The number of fused-ring (bicyclic) bond motifs is 2. The molecule has 0 aromatic heterocycles. The zero-order chi connectivity index (χ0) is 13.5. The van der Waals surface area contributed by atoms with Gasteiger partial charge in [-0.2, -0.15) is 0 Å². The highest BCUT2D eigenvalue weighted by atomic mass is 14.3. The van der Waals surface area contributed by atoms with Gasteiger partial charge in [0, 0.05) is 5.92 Å². The fourth-order valence-electron chi connectivity index (χ4n) is 4.11. The van der Waals surface area contributed by atoms with Crippen LogP contribution in [0, 0.1) is 5.92 Å². The van der Waals surface area contributed by atoms with Crippen molar-refractivity contribution in [2.24, 2.45) is 5.92 Å². The molecule has 1 aromatic carbocycles. The molecule has 1 fully saturated rings. The van der Waals surface area contributed by atoms with Crippen LogP contribution >= 0.6 is 0 Å². The molecule has 3 aliphatic rings. The third-order valence-corrected chi connectivity index (χ3v) is 5.24. The van der Waals surface area contributed by atoms with E-state index in [-0.39, 0.29) is 0 Å². The Bertz CT molecular complexity index is 627. The van der Waals surface area contributed by atoms with Crippen molar-refractivity contribution in [1.82, 2.24) is 0 Å². The van der Waals surface area contributed by atoms with Gasteiger partial charge in [0.1, 0.15) is 0 Å². The SMILES string of the molecule is C=C1/C(=C/c2ccc3c(c2)CCC3)CC2=CCCCC12. The van der Waals surface area contributed by atoms with Crippen molar-refractivity contribution in [2.75, 3.05) is 0 Å². The number of allylic oxidation sites excluding steroid dienone is 4. The van der Waals surface area contributed by atoms with Gasteiger partial charge in [-0.25, -0.2) is 0 Å². The molecule has 1 saturated carbocycles. The van der Waals surface area contributed by atoms with Crippen molar-refractivity contribution in [1.29, 1.82) is 0 Å². The lowest BCUT2D eigenvalue weighted by Gasteiger charge is -2.17. The Morgan fingerprint density at radius 3 is 2.90 bits per heavy atom. The van der Waals surface area contributed by atoms with Gasteiger partial charge in [-0.05, 0) is 72.8 Å². The maximum Gasteiger partial charge on any atom is 0.00485 e. The normalized spacial score (nSPS) is 26.6. The van der Waals surface area contributed by atoms with Crippen LogP contribution in [0.25, 0.3) is 6.08 Å². The van der Waals surface area contributed by atoms with Crippen molar-refractivity contribution >= 4 is 6.08 Å². The third kappa shape index (κ3) is 1.98. The molecule has 0 saturated heterocycles. The highest BCUT2D eigenvalue weighted by Gasteiger charge is 2.29. The molecule has 20 heavy (non-hydrogen) atoms. The van der Waals surface area contributed by atoms with Crippen LogP contribution in [0.3, 0.4) is 0 Å². The van der Waals surface area contributed by atoms with E-state index < -0.39 is 0 Å². The molecule has 0 heterocycles. The number of benzene rings is 1. The minimum absolute atomic E-state index is 0.657. The molecule has 0 heteroatoms. The van der Waals surface area contributed by atoms with Crippen LogP contribution in [0.1, 0.15) is 48.8 Å². The Kier molecular flexibility index (Phi) is 2.91. The van der Waals surface area contributed by atoms with Gasteiger partial charge in [0.05, 0.1) is 0 Å². The summed E-state index contributed by atoms with van der Waals surface area (Å²) in [5.41, 5.74) is 9.00. The standard InChI is InChI=1S/C20H22/c1-14-19(13-18-5-2-3-8-20(14)18)12-15-9-10-16-6-4-7-17(16)11-15/h5,9-12,20H,1-4,6-8,13H2/b19-12+. The maximum atomic E-state index is 4.38. The summed E-state index contributed by atoms with van der Waals surface area (Å²) in [6, 6.07) is 7.03. The van der Waals surface area contributed by atoms with Crippen molar-refractivity contribution in [2.45, 2.75) is 44.9 Å². The first-order chi connectivity index (χ1) is 9.81. The highest BCUT2D eigenvalue weighted by molar-refractivity contribution is 5.64. The minimum Gasteiger partial charge on any atom is -0.0949 e. The average molecular weight is 262 g/mol. The highest BCUT2D eigenvalue weighted by Crippen LogP contribution is 2.45. The topological polar surface area (TPSA) is 0 Å². The molecular formula is C20H22. The summed E-state index contributed by atoms with van der Waals surface area (Å²) in [6.45, 7) is 4.38. The van der Waals surface area contributed by atoms with E-state index in [0.29, 0.717) is 5.92 Å². The first-order valence-electron chi connectivity index (χ1n) is 8.02. The lowest BCUT2D eigenvalue weighted by atomic mass is 9.88. The predicted octanol–water partition coefficient (Wildman–Crippen LogP) is 5.25. The summed E-state index contributed by atoms with van der Waals surface area (Å²) in [4.78, 5) is 0. The molecule has 0 aliphatic heterocycles. The maximum absolute atomic E-state index is 4.38. The molecule has 0 N–H and O–H groups in total. The molecule has 0 amide bonds. The van der Waals surface area contributed by atoms with Gasteiger partial charge in [-0.3, -0.25) is 0 Å². The Morgan fingerprint density at radius 1 is 1.10 bits per heavy atom. The summed E-state index contributed by atoms with van der Waals surface area (Å²) in [5.74, 6) is 0.657. The Morgan fingerprint density at radius 2 is 2.00 bits per heavy atom. The van der Waals surface area contributed by atoms with Crippen LogP contribution in [0.2, 0.25) is 0 Å². The molecule has 0 bridgehead atoms. The summed E-state index contributed by atoms with van der Waals surface area (Å²) in [6.07, 6.45) is 13.8. The number of aryl methyl sites for hydroxylation is 2. The zero-order valence-electron chi connectivity index (χ0n) is 12.1. The molecule has 1 unspecified atom stereocenters. The number of hydrogen-bond donors (Lipinski definition) is 0. The molecule has 3 aliphatic carbocycles. The van der Waals surface area contributed by atoms with E-state index in [9.17, 15) is 0 Å². The minimum atomic E-state index is 0.657. The van der Waals surface area contributed by atoms with Gasteiger partial charge in [0.2, 0.25) is 0 Å². The van der Waals surface area contributed by atoms with Crippen molar-refractivity contribution < 1.29 is 0 Å². The second-order valence-corrected chi connectivity index (χ2v) is 6.52. The van der Waals surface area contributed by atoms with Gasteiger partial charge >= 0.3 is 0 Å². The lowest BCUT2D eigenvalue weighted by molar-refractivity contribution is 0.597. The summed E-state index contributed by atoms with van der Waals surface area (Å²) < 4.78 is 0. The second-order valence-electron chi connectivity index (χ2n) is 6.52. The largest absolute Gasteiger partial charge is 0.0949 e. The van der Waals surface area contributed by atoms with Gasteiger partial charge in [0.25, 0.3) is 0 Å². The van der Waals surface area contributed by atoms with Crippen LogP contribution in [-0.4, -0.2) is 0 Å². The van der Waals surface area contributed by atoms with E-state index >= 15 is 0 Å². The first kappa shape index (κ1) is 12.2. The number of rotatable bonds is 1. The van der Waals surface area contributed by atoms with Crippen LogP contribution in [0.5, 0.6) is 0 Å². The molecular weight excluding hydrogens is 240 g/mol. The lowest BCUT2D eigenvalue weighted by Crippen LogP contribution is -2.02. The summed E-state index contributed by atoms with van der Waals surface area (Å²) in [7, 11) is 0. The molecule has 1 aromatic rings. The molecule has 0 nitrogen and oxygen atoms in total. The van der Waals surface area contributed by atoms with Gasteiger partial charge in [-0.15, -0.1) is 0 Å². The quantitative estimate of drug-likeness (QED) is 0.607. The zero-order valence-corrected chi connectivity index (χ0v) is 12.1. The second kappa shape index (κ2) is 4.77. The van der Waals surface area contributed by atoms with Gasteiger partial charge < -0.3 is 0 Å². The van der Waals surface area contributed by atoms with E-state index in [1.807, 2.05) is 0 Å². The van der Waals surface area contributed by atoms with E-state index in [0.717, 1.165) is 6.42 Å². The van der Waals surface area contributed by atoms with Gasteiger partial charge in [-0.1, -0.05) is 42.5 Å². The Labute approximate surface area is 121 Å². The number of hydrogen-bond acceptors (Lipinski definition) is 0. The Hall–Kier alpha value is -1.56. The molecule has 0 spiro atoms. The molecule has 1 atom stereocenters. The molecule has 102 valence electrons. The smallest absolute Gasteiger partial charge is 0.00485 e.